The summed E-state index contributed by atoms with van der Waals surface area (Å²) in [6.45, 7) is 4.54. The molecule has 0 aromatic carbocycles. The second kappa shape index (κ2) is 28.7. The highest BCUT2D eigenvalue weighted by Crippen LogP contribution is 2.44. The molecule has 0 aromatic rings. The fourth-order valence-electron chi connectivity index (χ4n) is 7.31. The molecule has 1 heterocycles. The molecule has 47 heavy (non-hydrogen) atoms. The molecule has 3 heteroatoms. The van der Waals surface area contributed by atoms with Crippen LogP contribution in [0.25, 0.3) is 0 Å². The molecule has 0 aromatic heterocycles. The van der Waals surface area contributed by atoms with Crippen molar-refractivity contribution in [3.63, 3.8) is 0 Å². The number of hydrogen-bond acceptors (Lipinski definition) is 3. The normalized spacial score (nSPS) is 21.2. The van der Waals surface area contributed by atoms with E-state index in [9.17, 15) is 0 Å². The maximum Gasteiger partial charge on any atom is 0.169 e. The summed E-state index contributed by atoms with van der Waals surface area (Å²) in [4.78, 5) is 2.36. The van der Waals surface area contributed by atoms with Crippen LogP contribution in [0.15, 0.2) is 48.6 Å². The van der Waals surface area contributed by atoms with Crippen molar-refractivity contribution < 1.29 is 9.47 Å². The molecular formula is C44H79NO2. The molecule has 2 aliphatic rings. The summed E-state index contributed by atoms with van der Waals surface area (Å²) in [5, 5.41) is 0. The largest absolute Gasteiger partial charge is 0.344 e. The zero-order valence-electron chi connectivity index (χ0n) is 31.9. The molecule has 3 atom stereocenters. The first-order chi connectivity index (χ1) is 23.1. The van der Waals surface area contributed by atoms with Gasteiger partial charge >= 0.3 is 0 Å². The van der Waals surface area contributed by atoms with Crippen molar-refractivity contribution in [1.29, 1.82) is 0 Å². The van der Waals surface area contributed by atoms with Gasteiger partial charge in [-0.15, -0.1) is 0 Å². The van der Waals surface area contributed by atoms with Crippen LogP contribution >= 0.6 is 0 Å². The summed E-state index contributed by atoms with van der Waals surface area (Å²) < 4.78 is 13.7. The Balaban J connectivity index is 1.55. The van der Waals surface area contributed by atoms with Gasteiger partial charge in [0.1, 0.15) is 0 Å². The Morgan fingerprint density at radius 3 is 1.17 bits per heavy atom. The van der Waals surface area contributed by atoms with E-state index in [1.807, 2.05) is 0 Å². The lowest BCUT2D eigenvalue weighted by Crippen LogP contribution is -2.34. The highest BCUT2D eigenvalue weighted by atomic mass is 16.8. The lowest BCUT2D eigenvalue weighted by Gasteiger charge is -2.31. The number of fused-ring (bicyclic) bond motifs is 1. The van der Waals surface area contributed by atoms with Crippen LogP contribution in [0.4, 0.5) is 0 Å². The summed E-state index contributed by atoms with van der Waals surface area (Å²) in [6, 6.07) is 0.603. The maximum absolute atomic E-state index is 6.83. The van der Waals surface area contributed by atoms with Gasteiger partial charge < -0.3 is 14.4 Å². The van der Waals surface area contributed by atoms with Gasteiger partial charge in [-0.05, 0) is 104 Å². The number of unbranched alkanes of at least 4 members (excludes halogenated alkanes) is 18. The van der Waals surface area contributed by atoms with Crippen molar-refractivity contribution in [3.8, 4) is 0 Å². The number of rotatable bonds is 31. The first kappa shape index (κ1) is 42.0. The molecule has 0 amide bonds. The minimum atomic E-state index is -0.308. The monoisotopic (exact) mass is 654 g/mol. The quantitative estimate of drug-likeness (QED) is 0.0549. The average Bonchev–Trinajstić information content (AvgIpc) is 3.61. The zero-order chi connectivity index (χ0) is 33.7. The van der Waals surface area contributed by atoms with E-state index in [2.05, 4.69) is 81.5 Å². The standard InChI is InChI=1S/C44H79NO2/c1-5-7-9-11-13-15-17-19-21-23-25-27-29-31-33-35-37-44(46-42-39-41(45(3)4)40-43(42)47-44)38-36-34-32-30-28-26-24-22-20-18-16-14-12-10-8-6-2/h13-16,19-22,41-43H,5-12,17-18,23-40H2,1-4H3/b15-13-,16-14-,21-19-,22-20-/t41-,42-,43?/m1/s1. The zero-order valence-corrected chi connectivity index (χ0v) is 31.9. The first-order valence-electron chi connectivity index (χ1n) is 20.7. The van der Waals surface area contributed by atoms with Crippen LogP contribution in [0.5, 0.6) is 0 Å². The van der Waals surface area contributed by atoms with Crippen molar-refractivity contribution >= 4 is 0 Å². The SMILES string of the molecule is CCCCC/C=C\C/C=C\CCCCCCCCC1(CCCCCCCC/C=C\C/C=C\CCCCC)OC2C[C@H](N(C)C)C[C@H]2O1. The van der Waals surface area contributed by atoms with Gasteiger partial charge in [0.25, 0.3) is 0 Å². The van der Waals surface area contributed by atoms with Gasteiger partial charge in [0.05, 0.1) is 12.2 Å². The Bertz CT molecular complexity index is 763. The van der Waals surface area contributed by atoms with E-state index >= 15 is 0 Å². The van der Waals surface area contributed by atoms with Gasteiger partial charge in [0.2, 0.25) is 0 Å². The van der Waals surface area contributed by atoms with Crippen LogP contribution in [0.2, 0.25) is 0 Å². The Morgan fingerprint density at radius 2 is 0.809 bits per heavy atom. The molecule has 0 bridgehead atoms. The molecule has 2 rings (SSSR count). The van der Waals surface area contributed by atoms with Crippen LogP contribution in [-0.4, -0.2) is 43.0 Å². The predicted octanol–water partition coefficient (Wildman–Crippen LogP) is 13.6. The van der Waals surface area contributed by atoms with Crippen LogP contribution in [-0.2, 0) is 9.47 Å². The van der Waals surface area contributed by atoms with E-state index in [4.69, 9.17) is 9.47 Å². The van der Waals surface area contributed by atoms with Crippen molar-refractivity contribution in [2.24, 2.45) is 0 Å². The minimum Gasteiger partial charge on any atom is -0.344 e. The molecule has 1 aliphatic heterocycles. The van der Waals surface area contributed by atoms with E-state index in [0.29, 0.717) is 18.2 Å². The number of hydrogen-bond donors (Lipinski definition) is 0. The van der Waals surface area contributed by atoms with Crippen molar-refractivity contribution in [2.75, 3.05) is 14.1 Å². The van der Waals surface area contributed by atoms with Crippen LogP contribution in [0.3, 0.4) is 0 Å². The Labute approximate surface area is 294 Å². The molecule has 2 fully saturated rings. The Hall–Kier alpha value is -1.16. The third-order valence-corrected chi connectivity index (χ3v) is 10.4. The van der Waals surface area contributed by atoms with Crippen molar-refractivity contribution in [3.05, 3.63) is 48.6 Å². The van der Waals surface area contributed by atoms with Gasteiger partial charge in [0, 0.05) is 18.9 Å². The summed E-state index contributed by atoms with van der Waals surface area (Å²) in [7, 11) is 4.40. The van der Waals surface area contributed by atoms with E-state index in [0.717, 1.165) is 38.5 Å². The van der Waals surface area contributed by atoms with Gasteiger partial charge in [-0.3, -0.25) is 0 Å². The van der Waals surface area contributed by atoms with Crippen molar-refractivity contribution in [1.82, 2.24) is 4.90 Å². The van der Waals surface area contributed by atoms with Crippen LogP contribution < -0.4 is 0 Å². The van der Waals surface area contributed by atoms with E-state index in [-0.39, 0.29) is 5.79 Å². The Morgan fingerprint density at radius 1 is 0.468 bits per heavy atom. The first-order valence-corrected chi connectivity index (χ1v) is 20.7. The van der Waals surface area contributed by atoms with E-state index in [1.165, 1.54) is 141 Å². The molecule has 1 saturated carbocycles. The minimum absolute atomic E-state index is 0.302. The molecule has 1 saturated heterocycles. The fraction of sp³-hybridized carbons (Fsp3) is 0.818. The van der Waals surface area contributed by atoms with E-state index < -0.39 is 0 Å². The molecule has 0 N–H and O–H groups in total. The summed E-state index contributed by atoms with van der Waals surface area (Å²) in [5.41, 5.74) is 0. The average molecular weight is 654 g/mol. The lowest BCUT2D eigenvalue weighted by molar-refractivity contribution is -0.193. The fourth-order valence-corrected chi connectivity index (χ4v) is 7.31. The second-order valence-electron chi connectivity index (χ2n) is 15.0. The highest BCUT2D eigenvalue weighted by molar-refractivity contribution is 4.97. The van der Waals surface area contributed by atoms with Gasteiger partial charge in [-0.25, -0.2) is 0 Å². The molecule has 0 spiro atoms. The summed E-state index contributed by atoms with van der Waals surface area (Å²) >= 11 is 0. The van der Waals surface area contributed by atoms with Gasteiger partial charge in [-0.2, -0.15) is 0 Å². The molecule has 0 radical (unpaired) electrons. The summed E-state index contributed by atoms with van der Waals surface area (Å²) in [5.74, 6) is -0.308. The van der Waals surface area contributed by atoms with Gasteiger partial charge in [-0.1, -0.05) is 140 Å². The molecule has 3 nitrogen and oxygen atoms in total. The molecule has 272 valence electrons. The maximum atomic E-state index is 6.83. The molecular weight excluding hydrogens is 574 g/mol. The van der Waals surface area contributed by atoms with Crippen molar-refractivity contribution in [2.45, 2.75) is 218 Å². The second-order valence-corrected chi connectivity index (χ2v) is 15.0. The summed E-state index contributed by atoms with van der Waals surface area (Å²) in [6.07, 6.45) is 55.0. The van der Waals surface area contributed by atoms with Crippen LogP contribution in [0, 0.1) is 0 Å². The number of ether oxygens (including phenoxy) is 2. The number of nitrogens with zero attached hydrogens (tertiary/aromatic N) is 1. The third kappa shape index (κ3) is 20.8. The molecule has 1 unspecified atom stereocenters. The van der Waals surface area contributed by atoms with E-state index in [1.54, 1.807) is 0 Å². The predicted molar refractivity (Wildman–Crippen MR) is 207 cm³/mol. The topological polar surface area (TPSA) is 21.7 Å². The lowest BCUT2D eigenvalue weighted by atomic mass is 9.98. The van der Waals surface area contributed by atoms with Gasteiger partial charge in [0.15, 0.2) is 5.79 Å². The Kier molecular flexibility index (Phi) is 25.6. The highest BCUT2D eigenvalue weighted by Gasteiger charge is 2.51. The molecule has 1 aliphatic carbocycles. The smallest absolute Gasteiger partial charge is 0.169 e. The van der Waals surface area contributed by atoms with Crippen LogP contribution in [0.1, 0.15) is 194 Å². The third-order valence-electron chi connectivity index (χ3n) is 10.4. The number of allylic oxidation sites excluding steroid dienone is 8.